The smallest absolute Gasteiger partial charge is 0.222 e. The minimum Gasteiger partial charge on any atom is -0.379 e. The number of amides is 1. The number of hydrogen-bond donors (Lipinski definition) is 2. The summed E-state index contributed by atoms with van der Waals surface area (Å²) in [5, 5.41) is 18.8. The van der Waals surface area contributed by atoms with Crippen LogP contribution in [0.25, 0.3) is 11.4 Å². The highest BCUT2D eigenvalue weighted by Crippen LogP contribution is 2.14. The predicted octanol–water partition coefficient (Wildman–Crippen LogP) is 0.506. The van der Waals surface area contributed by atoms with Gasteiger partial charge in [-0.1, -0.05) is 24.3 Å². The molecule has 2 rings (SSSR count). The second kappa shape index (κ2) is 54.7. The summed E-state index contributed by atoms with van der Waals surface area (Å²) in [6.07, 6.45) is 0.263. The fourth-order valence-electron chi connectivity index (χ4n) is 5.54. The third kappa shape index (κ3) is 46.2. The summed E-state index contributed by atoms with van der Waals surface area (Å²) in [4.78, 5) is 12.1. The summed E-state index contributed by atoms with van der Waals surface area (Å²) in [5.41, 5.74) is 7.10. The zero-order valence-corrected chi connectivity index (χ0v) is 44.0. The van der Waals surface area contributed by atoms with E-state index in [1.807, 2.05) is 24.3 Å². The van der Waals surface area contributed by atoms with E-state index in [1.165, 1.54) is 0 Å². The van der Waals surface area contributed by atoms with Gasteiger partial charge in [-0.15, -0.1) is 20.4 Å². The van der Waals surface area contributed by atoms with E-state index in [0.29, 0.717) is 263 Å². The van der Waals surface area contributed by atoms with E-state index < -0.39 is 0 Å². The van der Waals surface area contributed by atoms with Crippen LogP contribution in [0.4, 0.5) is 0 Å². The van der Waals surface area contributed by atoms with Crippen molar-refractivity contribution in [3.05, 3.63) is 35.7 Å². The van der Waals surface area contributed by atoms with Crippen molar-refractivity contribution in [1.29, 1.82) is 0 Å². The van der Waals surface area contributed by atoms with Crippen molar-refractivity contribution in [2.45, 2.75) is 19.9 Å². The average Bonchev–Trinajstić information content (AvgIpc) is 3.41. The van der Waals surface area contributed by atoms with Crippen molar-refractivity contribution in [2.24, 2.45) is 5.73 Å². The molecule has 0 aliphatic carbocycles. The molecule has 0 fully saturated rings. The van der Waals surface area contributed by atoms with Crippen LogP contribution in [0.15, 0.2) is 24.3 Å². The summed E-state index contributed by atoms with van der Waals surface area (Å²) in [6.45, 7) is 20.0. The highest BCUT2D eigenvalue weighted by molar-refractivity contribution is 5.76. The molecule has 0 saturated carbocycles. The Morgan fingerprint density at radius 2 is 0.581 bits per heavy atom. The van der Waals surface area contributed by atoms with Gasteiger partial charge < -0.3 is 96.3 Å². The van der Waals surface area contributed by atoms with E-state index in [-0.39, 0.29) is 12.3 Å². The Hall–Kier alpha value is -3.13. The standard InChI is InChI=1S/C49H88N6O19/c1-45-52-54-49(55-53-45)47-4-2-46(3-5-47)44-51-48(56)6-8-57-10-12-59-14-16-61-18-20-63-22-24-65-26-28-67-30-32-69-34-36-71-38-40-73-42-43-74-41-39-72-37-35-70-33-31-68-29-27-66-25-23-64-21-19-62-17-15-60-13-11-58-9-7-50/h2-5H,6-44,50H2,1H3,(H,51,56). The molecule has 1 heterocycles. The minimum absolute atomic E-state index is 0.0913. The van der Waals surface area contributed by atoms with Gasteiger partial charge in [0.2, 0.25) is 11.7 Å². The van der Waals surface area contributed by atoms with Crippen LogP contribution in [0, 0.1) is 6.92 Å². The molecule has 0 unspecified atom stereocenters. The molecule has 25 heteroatoms. The molecule has 0 radical (unpaired) electrons. The van der Waals surface area contributed by atoms with Crippen molar-refractivity contribution >= 4 is 5.91 Å². The van der Waals surface area contributed by atoms with E-state index in [1.54, 1.807) is 6.92 Å². The molecular formula is C49H88N6O19. The number of hydrogen-bond acceptors (Lipinski definition) is 24. The van der Waals surface area contributed by atoms with E-state index in [4.69, 9.17) is 91.0 Å². The number of rotatable bonds is 59. The first-order valence-corrected chi connectivity index (χ1v) is 25.7. The fraction of sp³-hybridized carbons (Fsp3) is 0.816. The van der Waals surface area contributed by atoms with Gasteiger partial charge in [0.15, 0.2) is 5.82 Å². The zero-order chi connectivity index (χ0) is 52.6. The van der Waals surface area contributed by atoms with Crippen LogP contribution in [0.3, 0.4) is 0 Å². The maximum absolute atomic E-state index is 12.1. The van der Waals surface area contributed by atoms with Gasteiger partial charge in [0.25, 0.3) is 0 Å². The van der Waals surface area contributed by atoms with Crippen LogP contribution in [0.2, 0.25) is 0 Å². The summed E-state index contributed by atoms with van der Waals surface area (Å²) in [5.74, 6) is 0.876. The van der Waals surface area contributed by atoms with Gasteiger partial charge >= 0.3 is 0 Å². The van der Waals surface area contributed by atoms with Gasteiger partial charge in [-0.05, 0) is 12.5 Å². The Balaban J connectivity index is 1.13. The Bertz CT molecular complexity index is 1470. The van der Waals surface area contributed by atoms with E-state index >= 15 is 0 Å². The molecule has 2 aromatic rings. The molecule has 0 spiro atoms. The van der Waals surface area contributed by atoms with Crippen LogP contribution < -0.4 is 11.1 Å². The quantitative estimate of drug-likeness (QED) is 0.0854. The molecule has 0 aliphatic rings. The number of carbonyl (C=O) groups excluding carboxylic acids is 1. The highest BCUT2D eigenvalue weighted by Gasteiger charge is 2.06. The molecule has 3 N–H and O–H groups in total. The first-order chi connectivity index (χ1) is 36.7. The Labute approximate surface area is 437 Å². The van der Waals surface area contributed by atoms with E-state index in [0.717, 1.165) is 11.1 Å². The molecule has 1 aromatic carbocycles. The van der Waals surface area contributed by atoms with E-state index in [2.05, 4.69) is 25.7 Å². The van der Waals surface area contributed by atoms with E-state index in [9.17, 15) is 4.79 Å². The SMILES string of the molecule is Cc1nnc(-c2ccc(CNC(=O)CCOCCOCCOCCOCCOCCOCCOCCOCCOCCOCCOCCOCCOCCOCCOCCOCCOCCOCCN)cc2)nn1. The molecule has 0 saturated heterocycles. The van der Waals surface area contributed by atoms with Gasteiger partial charge in [0, 0.05) is 25.1 Å². The molecular weight excluding hydrogens is 977 g/mol. The molecule has 25 nitrogen and oxygen atoms in total. The van der Waals surface area contributed by atoms with Crippen LogP contribution in [-0.2, 0) is 96.6 Å². The largest absolute Gasteiger partial charge is 0.379 e. The minimum atomic E-state index is -0.0913. The maximum atomic E-state index is 12.1. The van der Waals surface area contributed by atoms with Crippen LogP contribution in [-0.4, -0.2) is 271 Å². The van der Waals surface area contributed by atoms with Gasteiger partial charge in [0.05, 0.1) is 238 Å². The third-order valence-corrected chi connectivity index (χ3v) is 9.34. The zero-order valence-electron chi connectivity index (χ0n) is 44.0. The Morgan fingerprint density at radius 3 is 0.824 bits per heavy atom. The fourth-order valence-corrected chi connectivity index (χ4v) is 5.54. The average molecular weight is 1070 g/mol. The number of aromatic nitrogens is 4. The molecule has 0 atom stereocenters. The lowest BCUT2D eigenvalue weighted by molar-refractivity contribution is -0.122. The Kier molecular flexibility index (Phi) is 49.5. The number of benzene rings is 1. The van der Waals surface area contributed by atoms with Crippen molar-refractivity contribution in [2.75, 3.05) is 244 Å². The number of aryl methyl sites for hydroxylation is 1. The van der Waals surface area contributed by atoms with Crippen molar-refractivity contribution in [1.82, 2.24) is 25.7 Å². The van der Waals surface area contributed by atoms with Gasteiger partial charge in [-0.2, -0.15) is 0 Å². The molecule has 1 aromatic heterocycles. The molecule has 74 heavy (non-hydrogen) atoms. The van der Waals surface area contributed by atoms with Gasteiger partial charge in [-0.25, -0.2) is 0 Å². The van der Waals surface area contributed by atoms with Crippen LogP contribution in [0.1, 0.15) is 17.8 Å². The summed E-state index contributed by atoms with van der Waals surface area (Å²) < 4.78 is 98.6. The predicted molar refractivity (Wildman–Crippen MR) is 268 cm³/mol. The summed E-state index contributed by atoms with van der Waals surface area (Å²) in [7, 11) is 0. The lowest BCUT2D eigenvalue weighted by Gasteiger charge is -2.09. The number of nitrogens with one attached hydrogen (secondary N) is 1. The number of carbonyl (C=O) groups is 1. The van der Waals surface area contributed by atoms with Gasteiger partial charge in [0.1, 0.15) is 0 Å². The van der Waals surface area contributed by atoms with Crippen molar-refractivity contribution in [3.63, 3.8) is 0 Å². The number of ether oxygens (including phenoxy) is 18. The van der Waals surface area contributed by atoms with Crippen molar-refractivity contribution in [3.8, 4) is 11.4 Å². The number of nitrogens with two attached hydrogens (primary N) is 1. The molecule has 0 bridgehead atoms. The molecule has 1 amide bonds. The summed E-state index contributed by atoms with van der Waals surface area (Å²) >= 11 is 0. The van der Waals surface area contributed by atoms with Crippen molar-refractivity contribution < 1.29 is 90.1 Å². The van der Waals surface area contributed by atoms with Crippen LogP contribution in [0.5, 0.6) is 0 Å². The highest BCUT2D eigenvalue weighted by atomic mass is 16.6. The molecule has 428 valence electrons. The topological polar surface area (TPSA) is 273 Å². The normalized spacial score (nSPS) is 11.5. The lowest BCUT2D eigenvalue weighted by atomic mass is 10.1. The first-order valence-electron chi connectivity index (χ1n) is 25.7. The molecule has 0 aliphatic heterocycles. The summed E-state index contributed by atoms with van der Waals surface area (Å²) in [6, 6.07) is 7.55. The lowest BCUT2D eigenvalue weighted by Crippen LogP contribution is -2.24. The van der Waals surface area contributed by atoms with Crippen LogP contribution >= 0.6 is 0 Å². The second-order valence-electron chi connectivity index (χ2n) is 15.3. The van der Waals surface area contributed by atoms with Gasteiger partial charge in [-0.3, -0.25) is 4.79 Å². The number of nitrogens with zero attached hydrogens (tertiary/aromatic N) is 4. The second-order valence-corrected chi connectivity index (χ2v) is 15.3. The Morgan fingerprint density at radius 1 is 0.351 bits per heavy atom. The monoisotopic (exact) mass is 1060 g/mol. The first kappa shape index (κ1) is 67.0. The third-order valence-electron chi connectivity index (χ3n) is 9.34. The maximum Gasteiger partial charge on any atom is 0.222 e.